The number of rotatable bonds is 13. The first-order valence-corrected chi connectivity index (χ1v) is 12.4. The van der Waals surface area contributed by atoms with Crippen molar-refractivity contribution >= 4 is 50.6 Å². The maximum absolute atomic E-state index is 12.5. The van der Waals surface area contributed by atoms with E-state index >= 15 is 0 Å². The van der Waals surface area contributed by atoms with E-state index in [0.29, 0.717) is 6.42 Å². The molecule has 16 heteroatoms. The third kappa shape index (κ3) is 11.1. The summed E-state index contributed by atoms with van der Waals surface area (Å²) < 4.78 is 62.9. The van der Waals surface area contributed by atoms with Crippen LogP contribution in [0, 0.1) is 5.92 Å². The van der Waals surface area contributed by atoms with Gasteiger partial charge in [-0.25, -0.2) is 13.2 Å². The van der Waals surface area contributed by atoms with Crippen molar-refractivity contribution in [1.82, 2.24) is 10.6 Å². The van der Waals surface area contributed by atoms with Gasteiger partial charge in [-0.2, -0.15) is 21.0 Å². The molecule has 176 valence electrons. The molecule has 0 aliphatic rings. The summed E-state index contributed by atoms with van der Waals surface area (Å²) in [5.41, 5.74) is 3.58. The van der Waals surface area contributed by atoms with E-state index in [1.54, 1.807) is 13.8 Å². The lowest BCUT2D eigenvalue weighted by molar-refractivity contribution is -0.416. The van der Waals surface area contributed by atoms with E-state index in [0.717, 1.165) is 0 Å². The van der Waals surface area contributed by atoms with E-state index in [1.807, 2.05) is 5.32 Å². The highest BCUT2D eigenvalue weighted by Gasteiger charge is 2.34. The highest BCUT2D eigenvalue weighted by molar-refractivity contribution is 7.86. The van der Waals surface area contributed by atoms with Gasteiger partial charge in [-0.15, -0.1) is 0 Å². The molecule has 0 bridgehead atoms. The topological polar surface area (TPSA) is 235 Å². The van der Waals surface area contributed by atoms with Crippen molar-refractivity contribution < 1.29 is 51.2 Å². The van der Waals surface area contributed by atoms with Crippen LogP contribution in [-0.4, -0.2) is 83.7 Å². The number of nitrogens with one attached hydrogen (secondary N) is 2. The summed E-state index contributed by atoms with van der Waals surface area (Å²) in [5, 5.41) is 12.2. The van der Waals surface area contributed by atoms with Crippen molar-refractivity contribution in [3.63, 3.8) is 0 Å². The SMILES string of the molecule is CC[C@@H](C)[C@H](NC(=O)[C@H](S)[C@H]([NH3+])CCS(=O)(=O)[O-])C(=O)N[C@@H](CS(=O)(=O)O)C(=O)O. The van der Waals surface area contributed by atoms with Gasteiger partial charge in [-0.05, 0) is 5.92 Å². The Hall–Kier alpha value is -1.46. The largest absolute Gasteiger partial charge is 0.748 e. The van der Waals surface area contributed by atoms with E-state index in [-0.39, 0.29) is 6.42 Å². The van der Waals surface area contributed by atoms with Gasteiger partial charge in [0.2, 0.25) is 11.8 Å². The minimum absolute atomic E-state index is 0.247. The van der Waals surface area contributed by atoms with Crippen LogP contribution in [-0.2, 0) is 34.6 Å². The molecule has 0 rings (SSSR count). The van der Waals surface area contributed by atoms with E-state index in [1.165, 1.54) is 0 Å². The molecule has 0 saturated carbocycles. The van der Waals surface area contributed by atoms with Crippen LogP contribution in [0.15, 0.2) is 0 Å². The fraction of sp³-hybridized carbons (Fsp3) is 0.786. The summed E-state index contributed by atoms with van der Waals surface area (Å²) in [6.07, 6.45) is 0.122. The van der Waals surface area contributed by atoms with Crippen LogP contribution < -0.4 is 16.4 Å². The maximum atomic E-state index is 12.5. The molecule has 0 aromatic rings. The molecule has 30 heavy (non-hydrogen) atoms. The van der Waals surface area contributed by atoms with Crippen LogP contribution >= 0.6 is 12.6 Å². The Labute approximate surface area is 180 Å². The first-order chi connectivity index (χ1) is 13.5. The quantitative estimate of drug-likeness (QED) is 0.111. The number of carbonyl (C=O) groups is 3. The van der Waals surface area contributed by atoms with Gasteiger partial charge in [-0.3, -0.25) is 14.1 Å². The lowest BCUT2D eigenvalue weighted by atomic mass is 9.97. The fourth-order valence-electron chi connectivity index (χ4n) is 2.26. The molecule has 5 atom stereocenters. The molecule has 0 aliphatic heterocycles. The molecule has 0 saturated heterocycles. The molecular formula is C14H27N3O10S3. The number of carboxylic acid groups (broad SMARTS) is 1. The number of hydrogen-bond acceptors (Lipinski definition) is 9. The molecule has 0 radical (unpaired) electrons. The Morgan fingerprint density at radius 1 is 1.13 bits per heavy atom. The van der Waals surface area contributed by atoms with Crippen molar-refractivity contribution in [2.24, 2.45) is 5.92 Å². The molecular weight excluding hydrogens is 466 g/mol. The second kappa shape index (κ2) is 11.8. The maximum Gasteiger partial charge on any atom is 0.327 e. The van der Waals surface area contributed by atoms with Crippen LogP contribution in [0.5, 0.6) is 0 Å². The summed E-state index contributed by atoms with van der Waals surface area (Å²) in [7, 11) is -9.22. The van der Waals surface area contributed by atoms with Gasteiger partial charge < -0.3 is 26.0 Å². The van der Waals surface area contributed by atoms with Gasteiger partial charge in [0, 0.05) is 12.2 Å². The van der Waals surface area contributed by atoms with Gasteiger partial charge in [0.15, 0.2) is 0 Å². The van der Waals surface area contributed by atoms with Crippen molar-refractivity contribution in [2.45, 2.75) is 50.1 Å². The molecule has 13 nitrogen and oxygen atoms in total. The number of aliphatic carboxylic acids is 1. The second-order valence-corrected chi connectivity index (χ2v) is 10.4. The number of carboxylic acids is 1. The fourth-order valence-corrected chi connectivity index (χ4v) is 3.72. The summed E-state index contributed by atoms with van der Waals surface area (Å²) in [4.78, 5) is 36.1. The predicted molar refractivity (Wildman–Crippen MR) is 106 cm³/mol. The predicted octanol–water partition coefficient (Wildman–Crippen LogP) is -3.18. The highest BCUT2D eigenvalue weighted by atomic mass is 32.2. The zero-order valence-electron chi connectivity index (χ0n) is 16.3. The molecule has 2 amide bonds. The number of hydrogen-bond donors (Lipinski definition) is 6. The number of carbonyl (C=O) groups excluding carboxylic acids is 2. The molecule has 0 spiro atoms. The molecule has 0 aliphatic carbocycles. The van der Waals surface area contributed by atoms with E-state index < -0.39 is 78.8 Å². The Balaban J connectivity index is 5.33. The zero-order valence-corrected chi connectivity index (χ0v) is 18.9. The summed E-state index contributed by atoms with van der Waals surface area (Å²) >= 11 is 4.04. The van der Waals surface area contributed by atoms with E-state index in [2.05, 4.69) is 23.7 Å². The average Bonchev–Trinajstić information content (AvgIpc) is 2.59. The van der Waals surface area contributed by atoms with E-state index in [4.69, 9.17) is 9.66 Å². The lowest BCUT2D eigenvalue weighted by Crippen LogP contribution is -2.69. The first-order valence-electron chi connectivity index (χ1n) is 8.71. The highest BCUT2D eigenvalue weighted by Crippen LogP contribution is 2.11. The van der Waals surface area contributed by atoms with Crippen LogP contribution in [0.4, 0.5) is 0 Å². The molecule has 0 aromatic carbocycles. The number of amides is 2. The molecule has 0 aromatic heterocycles. The van der Waals surface area contributed by atoms with Gasteiger partial charge in [0.25, 0.3) is 10.1 Å². The normalized spacial score (nSPS) is 17.3. The Bertz CT molecular complexity index is 830. The minimum Gasteiger partial charge on any atom is -0.748 e. The third-order valence-electron chi connectivity index (χ3n) is 4.24. The molecule has 0 fully saturated rings. The standard InChI is InChI=1S/C14H27N3O10S3/c1-3-7(2)10(12(18)16-9(14(20)21)6-30(25,26)27)17-13(19)11(28)8(15)4-5-29(22,23)24/h7-11,28H,3-6,15H2,1-2H3,(H,16,18)(H,17,19)(H,20,21)(H,22,23,24)(H,25,26,27)/t7-,8-,9+,10+,11-/m1/s1. The van der Waals surface area contributed by atoms with Gasteiger partial charge in [0.1, 0.15) is 29.1 Å². The smallest absolute Gasteiger partial charge is 0.327 e. The Morgan fingerprint density at radius 2 is 1.67 bits per heavy atom. The summed E-state index contributed by atoms with van der Waals surface area (Å²) in [6, 6.07) is -4.12. The molecule has 7 N–H and O–H groups in total. The van der Waals surface area contributed by atoms with Crippen molar-refractivity contribution in [3.8, 4) is 0 Å². The first kappa shape index (κ1) is 28.5. The van der Waals surface area contributed by atoms with Gasteiger partial charge in [0.05, 0.1) is 10.1 Å². The molecule has 0 unspecified atom stereocenters. The van der Waals surface area contributed by atoms with Gasteiger partial charge >= 0.3 is 5.97 Å². The number of thiol groups is 1. The average molecular weight is 494 g/mol. The summed E-state index contributed by atoms with van der Waals surface area (Å²) in [5.74, 6) is -6.06. The Kier molecular flexibility index (Phi) is 11.2. The van der Waals surface area contributed by atoms with Crippen LogP contribution in [0.25, 0.3) is 0 Å². The van der Waals surface area contributed by atoms with Crippen molar-refractivity contribution in [3.05, 3.63) is 0 Å². The molecule has 0 heterocycles. The zero-order chi connectivity index (χ0) is 23.9. The second-order valence-electron chi connectivity index (χ2n) is 6.78. The van der Waals surface area contributed by atoms with E-state index in [9.17, 15) is 35.8 Å². The minimum atomic E-state index is -4.71. The summed E-state index contributed by atoms with van der Waals surface area (Å²) in [6.45, 7) is 3.26. The van der Waals surface area contributed by atoms with Crippen molar-refractivity contribution in [1.29, 1.82) is 0 Å². The number of quaternary nitrogens is 1. The van der Waals surface area contributed by atoms with Crippen LogP contribution in [0.3, 0.4) is 0 Å². The van der Waals surface area contributed by atoms with Crippen LogP contribution in [0.2, 0.25) is 0 Å². The van der Waals surface area contributed by atoms with Crippen molar-refractivity contribution in [2.75, 3.05) is 11.5 Å². The monoisotopic (exact) mass is 493 g/mol. The van der Waals surface area contributed by atoms with Gasteiger partial charge in [-0.1, -0.05) is 20.3 Å². The lowest BCUT2D eigenvalue weighted by Gasteiger charge is -2.27. The Morgan fingerprint density at radius 3 is 2.07 bits per heavy atom. The van der Waals surface area contributed by atoms with Crippen LogP contribution in [0.1, 0.15) is 26.7 Å². The third-order valence-corrected chi connectivity index (χ3v) is 6.39.